The molecule has 1 heterocycles. The molecule has 1 rings (SSSR count). The summed E-state index contributed by atoms with van der Waals surface area (Å²) in [5.41, 5.74) is -0.287. The van der Waals surface area contributed by atoms with Crippen LogP contribution in [0.5, 0.6) is 0 Å². The van der Waals surface area contributed by atoms with Crippen LogP contribution in [-0.2, 0) is 17.8 Å². The second-order valence-electron chi connectivity index (χ2n) is 4.81. The first-order chi connectivity index (χ1) is 7.44. The van der Waals surface area contributed by atoms with Crippen LogP contribution < -0.4 is 0 Å². The van der Waals surface area contributed by atoms with E-state index in [2.05, 4.69) is 17.0 Å². The van der Waals surface area contributed by atoms with Crippen molar-refractivity contribution >= 4 is 5.97 Å². The minimum atomic E-state index is -0.772. The van der Waals surface area contributed by atoms with Gasteiger partial charge in [0.05, 0.1) is 6.42 Å². The number of rotatable bonds is 6. The first kappa shape index (κ1) is 12.7. The highest BCUT2D eigenvalue weighted by atomic mass is 16.4. The maximum Gasteiger partial charge on any atom is 0.303 e. The molecule has 0 radical (unpaired) electrons. The van der Waals surface area contributed by atoms with Crippen LogP contribution in [0.1, 0.15) is 39.4 Å². The fourth-order valence-electron chi connectivity index (χ4n) is 1.72. The number of aromatic nitrogens is 3. The van der Waals surface area contributed by atoms with Gasteiger partial charge in [0.2, 0.25) is 0 Å². The molecule has 0 unspecified atom stereocenters. The van der Waals surface area contributed by atoms with Gasteiger partial charge < -0.3 is 5.11 Å². The second kappa shape index (κ2) is 5.09. The highest BCUT2D eigenvalue weighted by Crippen LogP contribution is 2.24. The Kier molecular flexibility index (Phi) is 4.04. The van der Waals surface area contributed by atoms with Gasteiger partial charge in [-0.05, 0) is 11.8 Å². The molecule has 0 aromatic carbocycles. The monoisotopic (exact) mass is 225 g/mol. The largest absolute Gasteiger partial charge is 0.481 e. The molecule has 0 aliphatic heterocycles. The van der Waals surface area contributed by atoms with E-state index in [4.69, 9.17) is 5.11 Å². The molecule has 1 N–H and O–H groups in total. The number of aliphatic carboxylic acids is 1. The molecule has 90 valence electrons. The quantitative estimate of drug-likeness (QED) is 0.800. The van der Waals surface area contributed by atoms with E-state index in [9.17, 15) is 4.79 Å². The molecular weight excluding hydrogens is 206 g/mol. The Labute approximate surface area is 95.5 Å². The lowest BCUT2D eigenvalue weighted by Gasteiger charge is -2.21. The number of hydrogen-bond acceptors (Lipinski definition) is 3. The summed E-state index contributed by atoms with van der Waals surface area (Å²) in [5.74, 6) is 0.0969. The van der Waals surface area contributed by atoms with E-state index in [0.717, 1.165) is 18.8 Å². The third-order valence-corrected chi connectivity index (χ3v) is 2.40. The van der Waals surface area contributed by atoms with Crippen LogP contribution in [0.25, 0.3) is 0 Å². The lowest BCUT2D eigenvalue weighted by atomic mass is 9.85. The van der Waals surface area contributed by atoms with Crippen molar-refractivity contribution in [2.75, 3.05) is 0 Å². The summed E-state index contributed by atoms with van der Waals surface area (Å²) in [4.78, 5) is 14.9. The van der Waals surface area contributed by atoms with Crippen molar-refractivity contribution in [2.24, 2.45) is 5.41 Å². The van der Waals surface area contributed by atoms with Crippen molar-refractivity contribution in [3.05, 3.63) is 12.2 Å². The normalized spacial score (nSPS) is 11.7. The summed E-state index contributed by atoms with van der Waals surface area (Å²) in [6.45, 7) is 6.78. The molecule has 1 aromatic rings. The summed E-state index contributed by atoms with van der Waals surface area (Å²) >= 11 is 0. The van der Waals surface area contributed by atoms with Gasteiger partial charge in [0.25, 0.3) is 0 Å². The molecule has 0 aliphatic carbocycles. The maximum atomic E-state index is 10.7. The number of aryl methyl sites for hydroxylation is 1. The molecule has 0 atom stereocenters. The van der Waals surface area contributed by atoms with Crippen LogP contribution in [0.15, 0.2) is 6.33 Å². The summed E-state index contributed by atoms with van der Waals surface area (Å²) in [6.07, 6.45) is 3.31. The molecule has 0 amide bonds. The molecule has 1 aromatic heterocycles. The Bertz CT molecular complexity index is 358. The zero-order valence-corrected chi connectivity index (χ0v) is 10.1. The van der Waals surface area contributed by atoms with Crippen LogP contribution >= 0.6 is 0 Å². The lowest BCUT2D eigenvalue weighted by molar-refractivity contribution is -0.139. The first-order valence-corrected chi connectivity index (χ1v) is 5.53. The van der Waals surface area contributed by atoms with Crippen molar-refractivity contribution in [3.63, 3.8) is 0 Å². The zero-order chi connectivity index (χ0) is 12.2. The van der Waals surface area contributed by atoms with Crippen LogP contribution in [0.4, 0.5) is 0 Å². The minimum Gasteiger partial charge on any atom is -0.481 e. The Hall–Kier alpha value is -1.39. The van der Waals surface area contributed by atoms with Gasteiger partial charge in [0.15, 0.2) is 0 Å². The van der Waals surface area contributed by atoms with Gasteiger partial charge in [0.1, 0.15) is 12.2 Å². The van der Waals surface area contributed by atoms with Crippen molar-refractivity contribution in [3.8, 4) is 0 Å². The highest BCUT2D eigenvalue weighted by Gasteiger charge is 2.24. The standard InChI is InChI=1S/C11H19N3O2/c1-4-5-14-9(12-8-13-14)6-11(2,3)7-10(15)16/h8H,4-7H2,1-3H3,(H,15,16). The van der Waals surface area contributed by atoms with E-state index in [1.165, 1.54) is 6.33 Å². The van der Waals surface area contributed by atoms with Gasteiger partial charge in [-0.25, -0.2) is 4.98 Å². The summed E-state index contributed by atoms with van der Waals surface area (Å²) in [5, 5.41) is 12.9. The average Bonchev–Trinajstić information content (AvgIpc) is 2.50. The molecule has 5 nitrogen and oxygen atoms in total. The van der Waals surface area contributed by atoms with Gasteiger partial charge in [0, 0.05) is 13.0 Å². The lowest BCUT2D eigenvalue weighted by Crippen LogP contribution is -2.22. The molecular formula is C11H19N3O2. The van der Waals surface area contributed by atoms with E-state index >= 15 is 0 Å². The molecule has 0 fully saturated rings. The first-order valence-electron chi connectivity index (χ1n) is 5.53. The number of carboxylic acid groups (broad SMARTS) is 1. The number of carbonyl (C=O) groups is 1. The minimum absolute atomic E-state index is 0.145. The summed E-state index contributed by atoms with van der Waals surface area (Å²) in [7, 11) is 0. The van der Waals surface area contributed by atoms with E-state index in [1.807, 2.05) is 18.5 Å². The smallest absolute Gasteiger partial charge is 0.303 e. The summed E-state index contributed by atoms with van der Waals surface area (Å²) < 4.78 is 1.85. The fraction of sp³-hybridized carbons (Fsp3) is 0.727. The van der Waals surface area contributed by atoms with Gasteiger partial charge in [-0.3, -0.25) is 9.48 Å². The average molecular weight is 225 g/mol. The molecule has 0 saturated heterocycles. The number of carboxylic acids is 1. The number of hydrogen-bond donors (Lipinski definition) is 1. The fourth-order valence-corrected chi connectivity index (χ4v) is 1.72. The Balaban J connectivity index is 2.71. The molecule has 0 saturated carbocycles. The van der Waals surface area contributed by atoms with E-state index in [1.54, 1.807) is 0 Å². The van der Waals surface area contributed by atoms with Crippen molar-refractivity contribution < 1.29 is 9.90 Å². The van der Waals surface area contributed by atoms with Crippen molar-refractivity contribution in [1.29, 1.82) is 0 Å². The predicted octanol–water partition coefficient (Wildman–Crippen LogP) is 1.73. The zero-order valence-electron chi connectivity index (χ0n) is 10.1. The SMILES string of the molecule is CCCn1ncnc1CC(C)(C)CC(=O)O. The molecule has 5 heteroatoms. The van der Waals surface area contributed by atoms with Gasteiger partial charge in [-0.15, -0.1) is 0 Å². The molecule has 0 spiro atoms. The van der Waals surface area contributed by atoms with Crippen LogP contribution in [0, 0.1) is 5.41 Å². The summed E-state index contributed by atoms with van der Waals surface area (Å²) in [6, 6.07) is 0. The van der Waals surface area contributed by atoms with Gasteiger partial charge in [-0.1, -0.05) is 20.8 Å². The van der Waals surface area contributed by atoms with E-state index in [0.29, 0.717) is 6.42 Å². The third-order valence-electron chi connectivity index (χ3n) is 2.40. The number of nitrogens with zero attached hydrogens (tertiary/aromatic N) is 3. The predicted molar refractivity (Wildman–Crippen MR) is 60.1 cm³/mol. The van der Waals surface area contributed by atoms with Gasteiger partial charge in [-0.2, -0.15) is 5.10 Å². The van der Waals surface area contributed by atoms with Crippen LogP contribution in [0.3, 0.4) is 0 Å². The Morgan fingerprint density at radius 2 is 2.25 bits per heavy atom. The molecule has 0 aliphatic rings. The Morgan fingerprint density at radius 1 is 1.56 bits per heavy atom. The Morgan fingerprint density at radius 3 is 2.81 bits per heavy atom. The van der Waals surface area contributed by atoms with Crippen LogP contribution in [-0.4, -0.2) is 25.8 Å². The maximum absolute atomic E-state index is 10.7. The highest BCUT2D eigenvalue weighted by molar-refractivity contribution is 5.67. The van der Waals surface area contributed by atoms with Crippen molar-refractivity contribution in [1.82, 2.24) is 14.8 Å². The van der Waals surface area contributed by atoms with E-state index in [-0.39, 0.29) is 11.8 Å². The van der Waals surface area contributed by atoms with Crippen LogP contribution in [0.2, 0.25) is 0 Å². The van der Waals surface area contributed by atoms with Gasteiger partial charge >= 0.3 is 5.97 Å². The molecule has 0 bridgehead atoms. The molecule has 16 heavy (non-hydrogen) atoms. The third kappa shape index (κ3) is 3.64. The van der Waals surface area contributed by atoms with Crippen molar-refractivity contribution in [2.45, 2.75) is 46.6 Å². The second-order valence-corrected chi connectivity index (χ2v) is 4.81. The topological polar surface area (TPSA) is 68.0 Å². The van der Waals surface area contributed by atoms with E-state index < -0.39 is 5.97 Å².